The summed E-state index contributed by atoms with van der Waals surface area (Å²) in [7, 11) is 0. The van der Waals surface area contributed by atoms with Crippen LogP contribution in [0.15, 0.2) is 66.7 Å². The van der Waals surface area contributed by atoms with Crippen molar-refractivity contribution in [3.63, 3.8) is 0 Å². The van der Waals surface area contributed by atoms with E-state index in [0.29, 0.717) is 5.75 Å². The minimum atomic E-state index is -1.29. The number of anilines is 3. The topological polar surface area (TPSA) is 65.0 Å². The summed E-state index contributed by atoms with van der Waals surface area (Å²) < 4.78 is 4.86. The second-order valence-corrected chi connectivity index (χ2v) is 10.3. The van der Waals surface area contributed by atoms with Crippen molar-refractivity contribution >= 4 is 23.2 Å². The van der Waals surface area contributed by atoms with Crippen LogP contribution < -0.4 is 19.9 Å². The Morgan fingerprint density at radius 3 is 2.46 bits per heavy atom. The molecule has 0 aromatic heterocycles. The van der Waals surface area contributed by atoms with Gasteiger partial charge in [0, 0.05) is 43.2 Å². The van der Waals surface area contributed by atoms with Crippen LogP contribution >= 0.6 is 0 Å². The van der Waals surface area contributed by atoms with Crippen molar-refractivity contribution in [3.8, 4) is 5.75 Å². The molecule has 2 aliphatic rings. The van der Waals surface area contributed by atoms with Gasteiger partial charge >= 0.3 is 6.16 Å². The number of hydrogen-bond acceptors (Lipinski definition) is 5. The van der Waals surface area contributed by atoms with E-state index in [9.17, 15) is 4.79 Å². The molecule has 3 aromatic carbocycles. The number of benzene rings is 3. The Bertz CT molecular complexity index is 1230. The van der Waals surface area contributed by atoms with Crippen LogP contribution in [0.25, 0.3) is 0 Å². The van der Waals surface area contributed by atoms with E-state index in [-0.39, 0.29) is 11.5 Å². The van der Waals surface area contributed by atoms with Crippen molar-refractivity contribution in [2.75, 3.05) is 41.3 Å². The van der Waals surface area contributed by atoms with Gasteiger partial charge in [-0.05, 0) is 71.8 Å². The normalized spacial score (nSPS) is 19.0. The van der Waals surface area contributed by atoms with Gasteiger partial charge in [-0.2, -0.15) is 0 Å². The summed E-state index contributed by atoms with van der Waals surface area (Å²) in [6.45, 7) is 10.7. The van der Waals surface area contributed by atoms with Crippen LogP contribution in [0.1, 0.15) is 36.6 Å². The zero-order valence-electron chi connectivity index (χ0n) is 20.6. The molecule has 0 saturated carbocycles. The van der Waals surface area contributed by atoms with Gasteiger partial charge in [0.05, 0.1) is 6.04 Å². The molecule has 3 aromatic rings. The number of nitrogens with zero attached hydrogens (tertiary/aromatic N) is 2. The van der Waals surface area contributed by atoms with Gasteiger partial charge in [0.15, 0.2) is 0 Å². The van der Waals surface area contributed by atoms with Gasteiger partial charge in [-0.3, -0.25) is 0 Å². The number of para-hydroxylation sites is 1. The number of carboxylic acid groups (broad SMARTS) is 1. The summed E-state index contributed by atoms with van der Waals surface area (Å²) in [4.78, 5) is 15.9. The lowest BCUT2D eigenvalue weighted by Crippen LogP contribution is -2.46. The van der Waals surface area contributed by atoms with E-state index in [1.54, 1.807) is 6.07 Å². The molecule has 2 heterocycles. The summed E-state index contributed by atoms with van der Waals surface area (Å²) in [5.41, 5.74) is 7.25. The monoisotopic (exact) mass is 471 g/mol. The fraction of sp³-hybridized carbons (Fsp3) is 0.345. The number of hydrogen-bond donors (Lipinski definition) is 2. The highest BCUT2D eigenvalue weighted by molar-refractivity contribution is 5.65. The van der Waals surface area contributed by atoms with E-state index in [2.05, 4.69) is 84.4 Å². The lowest BCUT2D eigenvalue weighted by Gasteiger charge is -2.42. The number of nitrogens with one attached hydrogen (secondary N) is 1. The van der Waals surface area contributed by atoms with Gasteiger partial charge < -0.3 is 25.0 Å². The Morgan fingerprint density at radius 1 is 0.971 bits per heavy atom. The SMILES string of the molecule is Cc1ccccc1N1CCN(c2cccc(C3Nc4ccc(OC(=O)O)cc4CC3(C)C)c2)CC1. The van der Waals surface area contributed by atoms with Crippen molar-refractivity contribution in [1.82, 2.24) is 0 Å². The predicted octanol–water partition coefficient (Wildman–Crippen LogP) is 6.11. The maximum Gasteiger partial charge on any atom is 0.511 e. The third kappa shape index (κ3) is 4.78. The van der Waals surface area contributed by atoms with Crippen LogP contribution in [0.5, 0.6) is 5.75 Å². The summed E-state index contributed by atoms with van der Waals surface area (Å²) in [6, 6.07) is 23.1. The fourth-order valence-corrected chi connectivity index (χ4v) is 5.52. The molecule has 1 atom stereocenters. The van der Waals surface area contributed by atoms with Crippen molar-refractivity contribution < 1.29 is 14.6 Å². The van der Waals surface area contributed by atoms with Gasteiger partial charge in [0.1, 0.15) is 5.75 Å². The number of fused-ring (bicyclic) bond motifs is 1. The van der Waals surface area contributed by atoms with Gasteiger partial charge in [-0.25, -0.2) is 4.79 Å². The second-order valence-electron chi connectivity index (χ2n) is 10.3. The zero-order chi connectivity index (χ0) is 24.6. The number of aryl methyl sites for hydroxylation is 1. The highest BCUT2D eigenvalue weighted by atomic mass is 16.7. The van der Waals surface area contributed by atoms with E-state index in [0.717, 1.165) is 43.9 Å². The van der Waals surface area contributed by atoms with Crippen molar-refractivity contribution in [2.45, 2.75) is 33.2 Å². The average Bonchev–Trinajstić information content (AvgIpc) is 2.83. The molecule has 1 saturated heterocycles. The first kappa shape index (κ1) is 23.1. The Kier molecular flexibility index (Phi) is 6.05. The third-order valence-electron chi connectivity index (χ3n) is 7.31. The van der Waals surface area contributed by atoms with Gasteiger partial charge in [0.25, 0.3) is 0 Å². The molecular formula is C29H33N3O3. The molecule has 182 valence electrons. The Morgan fingerprint density at radius 2 is 1.71 bits per heavy atom. The standard InChI is InChI=1S/C29H33N3O3/c1-20-7-4-5-10-26(20)32-15-13-31(14-16-32)23-9-6-8-21(17-23)27-29(2,3)19-22-18-24(35-28(33)34)11-12-25(22)30-27/h4-12,17-18,27,30H,13-16,19H2,1-3H3,(H,33,34). The first-order valence-electron chi connectivity index (χ1n) is 12.3. The molecule has 0 aliphatic carbocycles. The molecule has 2 aliphatic heterocycles. The molecule has 1 fully saturated rings. The molecule has 1 unspecified atom stereocenters. The smallest absolute Gasteiger partial charge is 0.449 e. The number of ether oxygens (including phenoxy) is 1. The maximum atomic E-state index is 10.9. The van der Waals surface area contributed by atoms with Crippen molar-refractivity contribution in [1.29, 1.82) is 0 Å². The molecule has 5 rings (SSSR count). The van der Waals surface area contributed by atoms with E-state index in [1.165, 1.54) is 22.5 Å². The van der Waals surface area contributed by atoms with Crippen LogP contribution in [0, 0.1) is 12.3 Å². The average molecular weight is 472 g/mol. The van der Waals surface area contributed by atoms with Crippen LogP contribution in [0.2, 0.25) is 0 Å². The van der Waals surface area contributed by atoms with E-state index in [1.807, 2.05) is 12.1 Å². The highest BCUT2D eigenvalue weighted by Gasteiger charge is 2.36. The fourth-order valence-electron chi connectivity index (χ4n) is 5.52. The minimum Gasteiger partial charge on any atom is -0.449 e. The molecule has 0 bridgehead atoms. The molecule has 0 spiro atoms. The van der Waals surface area contributed by atoms with E-state index in [4.69, 9.17) is 9.84 Å². The Balaban J connectivity index is 1.32. The number of piperazine rings is 1. The largest absolute Gasteiger partial charge is 0.511 e. The quantitative estimate of drug-likeness (QED) is 0.353. The van der Waals surface area contributed by atoms with E-state index >= 15 is 0 Å². The molecule has 0 radical (unpaired) electrons. The third-order valence-corrected chi connectivity index (χ3v) is 7.31. The van der Waals surface area contributed by atoms with Crippen LogP contribution in [0.3, 0.4) is 0 Å². The Labute approximate surface area is 207 Å². The first-order valence-corrected chi connectivity index (χ1v) is 12.3. The minimum absolute atomic E-state index is 0.0585. The van der Waals surface area contributed by atoms with Crippen molar-refractivity contribution in [2.24, 2.45) is 5.41 Å². The second kappa shape index (κ2) is 9.17. The summed E-state index contributed by atoms with van der Waals surface area (Å²) >= 11 is 0. The molecule has 2 N–H and O–H groups in total. The summed E-state index contributed by atoms with van der Waals surface area (Å²) in [5.74, 6) is 0.360. The molecule has 0 amide bonds. The van der Waals surface area contributed by atoms with Gasteiger partial charge in [-0.15, -0.1) is 0 Å². The number of rotatable bonds is 4. The van der Waals surface area contributed by atoms with Gasteiger partial charge in [-0.1, -0.05) is 44.2 Å². The molecule has 6 nitrogen and oxygen atoms in total. The van der Waals surface area contributed by atoms with Crippen LogP contribution in [0.4, 0.5) is 21.9 Å². The lowest BCUT2D eigenvalue weighted by molar-refractivity contribution is 0.144. The maximum absolute atomic E-state index is 10.9. The van der Waals surface area contributed by atoms with Crippen LogP contribution in [-0.4, -0.2) is 37.4 Å². The summed E-state index contributed by atoms with van der Waals surface area (Å²) in [6.07, 6.45) is -0.460. The highest BCUT2D eigenvalue weighted by Crippen LogP contribution is 2.46. The molecular weight excluding hydrogens is 438 g/mol. The van der Waals surface area contributed by atoms with Gasteiger partial charge in [0.2, 0.25) is 0 Å². The number of carbonyl (C=O) groups is 1. The van der Waals surface area contributed by atoms with E-state index < -0.39 is 6.16 Å². The Hall–Kier alpha value is -3.67. The van der Waals surface area contributed by atoms with Crippen LogP contribution in [-0.2, 0) is 6.42 Å². The zero-order valence-corrected chi connectivity index (χ0v) is 20.6. The molecule has 35 heavy (non-hydrogen) atoms. The lowest BCUT2D eigenvalue weighted by atomic mass is 9.73. The first-order chi connectivity index (χ1) is 16.8. The predicted molar refractivity (Wildman–Crippen MR) is 141 cm³/mol. The molecule has 6 heteroatoms. The summed E-state index contributed by atoms with van der Waals surface area (Å²) in [5, 5.41) is 12.7. The van der Waals surface area contributed by atoms with Crippen molar-refractivity contribution in [3.05, 3.63) is 83.4 Å².